The van der Waals surface area contributed by atoms with E-state index in [-0.39, 0.29) is 0 Å². The third-order valence-corrected chi connectivity index (χ3v) is 5.98. The summed E-state index contributed by atoms with van der Waals surface area (Å²) in [5.74, 6) is 2.85. The smallest absolute Gasteiger partial charge is 0.162 e. The largest absolute Gasteiger partial charge is 0.493 e. The van der Waals surface area contributed by atoms with Crippen molar-refractivity contribution < 1.29 is 18.9 Å². The molecule has 0 fully saturated rings. The number of methoxy groups -OCH3 is 3. The summed E-state index contributed by atoms with van der Waals surface area (Å²) in [5, 5.41) is 4.19. The molecule has 1 N–H and O–H groups in total. The highest BCUT2D eigenvalue weighted by molar-refractivity contribution is 9.10. The van der Waals surface area contributed by atoms with E-state index < -0.39 is 0 Å². The second-order valence-corrected chi connectivity index (χ2v) is 8.42. The van der Waals surface area contributed by atoms with Crippen molar-refractivity contribution in [3.8, 4) is 23.0 Å². The van der Waals surface area contributed by atoms with Gasteiger partial charge in [-0.05, 0) is 66.1 Å². The van der Waals surface area contributed by atoms with Crippen LogP contribution >= 0.6 is 27.5 Å². The molecular formula is C25H27BrClNO4. The van der Waals surface area contributed by atoms with Crippen molar-refractivity contribution in [1.29, 1.82) is 0 Å². The van der Waals surface area contributed by atoms with Gasteiger partial charge in [0.1, 0.15) is 6.61 Å². The molecule has 0 amide bonds. The van der Waals surface area contributed by atoms with Gasteiger partial charge in [-0.3, -0.25) is 0 Å². The van der Waals surface area contributed by atoms with E-state index in [1.807, 2.05) is 48.5 Å². The molecule has 0 aliphatic carbocycles. The number of ether oxygens (including phenoxy) is 4. The van der Waals surface area contributed by atoms with Gasteiger partial charge in [0.25, 0.3) is 0 Å². The maximum absolute atomic E-state index is 5.97. The maximum Gasteiger partial charge on any atom is 0.162 e. The molecule has 0 bridgehead atoms. The van der Waals surface area contributed by atoms with E-state index in [4.69, 9.17) is 30.5 Å². The van der Waals surface area contributed by atoms with Crippen LogP contribution in [-0.2, 0) is 19.6 Å². The van der Waals surface area contributed by atoms with E-state index in [0.717, 1.165) is 40.1 Å². The third kappa shape index (κ3) is 6.55. The highest BCUT2D eigenvalue weighted by Gasteiger charge is 2.11. The molecule has 5 nitrogen and oxygen atoms in total. The third-order valence-electron chi connectivity index (χ3n) is 4.99. The van der Waals surface area contributed by atoms with Gasteiger partial charge in [0.15, 0.2) is 23.0 Å². The van der Waals surface area contributed by atoms with E-state index >= 15 is 0 Å². The first-order valence-corrected chi connectivity index (χ1v) is 11.4. The van der Waals surface area contributed by atoms with Crippen molar-refractivity contribution >= 4 is 27.5 Å². The normalized spacial score (nSPS) is 10.7. The predicted octanol–water partition coefficient (Wildman–Crippen LogP) is 6.04. The summed E-state index contributed by atoms with van der Waals surface area (Å²) in [6, 6.07) is 17.5. The summed E-state index contributed by atoms with van der Waals surface area (Å²) >= 11 is 9.60. The molecule has 32 heavy (non-hydrogen) atoms. The van der Waals surface area contributed by atoms with Crippen LogP contribution in [0, 0.1) is 0 Å². The van der Waals surface area contributed by atoms with Crippen LogP contribution in [0.3, 0.4) is 0 Å². The molecule has 7 heteroatoms. The summed E-state index contributed by atoms with van der Waals surface area (Å²) in [4.78, 5) is 0. The maximum atomic E-state index is 5.97. The molecule has 3 aromatic carbocycles. The van der Waals surface area contributed by atoms with Crippen LogP contribution in [0.4, 0.5) is 0 Å². The Kier molecular flexibility index (Phi) is 9.09. The fourth-order valence-corrected chi connectivity index (χ4v) is 3.81. The molecule has 0 radical (unpaired) electrons. The SMILES string of the molecule is COc1ccc(CCNCc2cc(OC)c(OCc3ccc(Cl)cc3)cc2Br)cc1OC. The minimum absolute atomic E-state index is 0.433. The van der Waals surface area contributed by atoms with Gasteiger partial charge in [0, 0.05) is 16.0 Å². The van der Waals surface area contributed by atoms with Gasteiger partial charge in [0.05, 0.1) is 21.3 Å². The van der Waals surface area contributed by atoms with E-state index in [9.17, 15) is 0 Å². The topological polar surface area (TPSA) is 49.0 Å². The van der Waals surface area contributed by atoms with E-state index in [0.29, 0.717) is 29.7 Å². The Morgan fingerprint density at radius 1 is 0.781 bits per heavy atom. The molecule has 0 saturated carbocycles. The van der Waals surface area contributed by atoms with Crippen molar-refractivity contribution in [3.05, 3.63) is 80.8 Å². The lowest BCUT2D eigenvalue weighted by molar-refractivity contribution is 0.284. The number of benzene rings is 3. The minimum Gasteiger partial charge on any atom is -0.493 e. The zero-order chi connectivity index (χ0) is 22.9. The zero-order valence-corrected chi connectivity index (χ0v) is 20.8. The number of rotatable bonds is 11. The number of halogens is 2. The number of hydrogen-bond donors (Lipinski definition) is 1. The molecule has 0 aromatic heterocycles. The van der Waals surface area contributed by atoms with Gasteiger partial charge in [-0.25, -0.2) is 0 Å². The molecule has 170 valence electrons. The minimum atomic E-state index is 0.433. The lowest BCUT2D eigenvalue weighted by Gasteiger charge is -2.15. The van der Waals surface area contributed by atoms with Crippen LogP contribution in [0.25, 0.3) is 0 Å². The molecular weight excluding hydrogens is 494 g/mol. The Labute approximate surface area is 202 Å². The molecule has 3 aromatic rings. The predicted molar refractivity (Wildman–Crippen MR) is 131 cm³/mol. The van der Waals surface area contributed by atoms with E-state index in [2.05, 4.69) is 27.3 Å². The van der Waals surface area contributed by atoms with Crippen LogP contribution in [-0.4, -0.2) is 27.9 Å². The van der Waals surface area contributed by atoms with Gasteiger partial charge in [0.2, 0.25) is 0 Å². The summed E-state index contributed by atoms with van der Waals surface area (Å²) in [6.45, 7) is 1.95. The average Bonchev–Trinajstić information content (AvgIpc) is 2.82. The standard InChI is InChI=1S/C25H27BrClNO4/c1-29-22-9-6-17(12-23(22)30-2)10-11-28-15-19-13-24(31-3)25(14-21(19)26)32-16-18-4-7-20(27)8-5-18/h4-9,12-14,28H,10-11,15-16H2,1-3H3. The van der Waals surface area contributed by atoms with Crippen molar-refractivity contribution in [2.75, 3.05) is 27.9 Å². The molecule has 0 spiro atoms. The molecule has 0 aliphatic heterocycles. The second kappa shape index (κ2) is 12.0. The summed E-state index contributed by atoms with van der Waals surface area (Å²) in [5.41, 5.74) is 3.30. The summed E-state index contributed by atoms with van der Waals surface area (Å²) in [7, 11) is 4.93. The van der Waals surface area contributed by atoms with Crippen LogP contribution in [0.5, 0.6) is 23.0 Å². The van der Waals surface area contributed by atoms with Crippen LogP contribution in [0.1, 0.15) is 16.7 Å². The Balaban J connectivity index is 1.57. The van der Waals surface area contributed by atoms with Gasteiger partial charge >= 0.3 is 0 Å². The summed E-state index contributed by atoms with van der Waals surface area (Å²) in [6.07, 6.45) is 0.872. The Bertz CT molecular complexity index is 1030. The van der Waals surface area contributed by atoms with Crippen LogP contribution < -0.4 is 24.3 Å². The van der Waals surface area contributed by atoms with Gasteiger partial charge < -0.3 is 24.3 Å². The fraction of sp³-hybridized carbons (Fsp3) is 0.280. The van der Waals surface area contributed by atoms with E-state index in [1.165, 1.54) is 5.56 Å². The highest BCUT2D eigenvalue weighted by atomic mass is 79.9. The van der Waals surface area contributed by atoms with Crippen molar-refractivity contribution in [1.82, 2.24) is 5.32 Å². The lowest BCUT2D eigenvalue weighted by Crippen LogP contribution is -2.17. The van der Waals surface area contributed by atoms with Crippen molar-refractivity contribution in [3.63, 3.8) is 0 Å². The van der Waals surface area contributed by atoms with Crippen LogP contribution in [0.2, 0.25) is 5.02 Å². The average molecular weight is 521 g/mol. The Hall–Kier alpha value is -2.41. The number of hydrogen-bond acceptors (Lipinski definition) is 5. The monoisotopic (exact) mass is 519 g/mol. The molecule has 0 unspecified atom stereocenters. The first kappa shape index (κ1) is 24.2. The molecule has 0 atom stereocenters. The van der Waals surface area contributed by atoms with Crippen molar-refractivity contribution in [2.24, 2.45) is 0 Å². The first-order chi connectivity index (χ1) is 15.5. The Morgan fingerprint density at radius 2 is 1.44 bits per heavy atom. The molecule has 0 aliphatic rings. The zero-order valence-electron chi connectivity index (χ0n) is 18.4. The van der Waals surface area contributed by atoms with Gasteiger partial charge in [-0.15, -0.1) is 0 Å². The van der Waals surface area contributed by atoms with Crippen molar-refractivity contribution in [2.45, 2.75) is 19.6 Å². The molecule has 0 heterocycles. The van der Waals surface area contributed by atoms with E-state index in [1.54, 1.807) is 21.3 Å². The van der Waals surface area contributed by atoms with Gasteiger partial charge in [-0.2, -0.15) is 0 Å². The Morgan fingerprint density at radius 3 is 2.12 bits per heavy atom. The molecule has 3 rings (SSSR count). The lowest BCUT2D eigenvalue weighted by atomic mass is 10.1. The van der Waals surface area contributed by atoms with Gasteiger partial charge in [-0.1, -0.05) is 45.7 Å². The summed E-state index contributed by atoms with van der Waals surface area (Å²) < 4.78 is 23.2. The highest BCUT2D eigenvalue weighted by Crippen LogP contribution is 2.34. The van der Waals surface area contributed by atoms with Crippen LogP contribution in [0.15, 0.2) is 59.1 Å². The second-order valence-electron chi connectivity index (χ2n) is 7.13. The fourth-order valence-electron chi connectivity index (χ4n) is 3.22. The molecule has 0 saturated heterocycles. The number of nitrogens with one attached hydrogen (secondary N) is 1. The quantitative estimate of drug-likeness (QED) is 0.312. The first-order valence-electron chi connectivity index (χ1n) is 10.2.